The average molecular weight is 229 g/mol. The monoisotopic (exact) mass is 229 g/mol. The lowest BCUT2D eigenvalue weighted by molar-refractivity contribution is 0.220. The number of pyridine rings is 2. The summed E-state index contributed by atoms with van der Waals surface area (Å²) in [6.07, 6.45) is 0.846. The molecule has 4 nitrogen and oxygen atoms in total. The van der Waals surface area contributed by atoms with Gasteiger partial charge in [0.05, 0.1) is 0 Å². The third-order valence-corrected chi connectivity index (χ3v) is 2.59. The lowest BCUT2D eigenvalue weighted by atomic mass is 10.0. The molecule has 0 fully saturated rings. The van der Waals surface area contributed by atoms with Gasteiger partial charge in [0, 0.05) is 23.1 Å². The number of nitrogens with two attached hydrogens (primary N) is 1. The molecule has 0 radical (unpaired) electrons. The number of hydrogen-bond donors (Lipinski definition) is 2. The average Bonchev–Trinajstić information content (AvgIpc) is 2.27. The highest BCUT2D eigenvalue weighted by atomic mass is 16.3. The van der Waals surface area contributed by atoms with Crippen molar-refractivity contribution in [3.8, 4) is 0 Å². The molecular weight excluding hydrogens is 214 g/mol. The highest BCUT2D eigenvalue weighted by molar-refractivity contribution is 5.44. The Hall–Kier alpha value is -1.94. The second-order valence-corrected chi connectivity index (χ2v) is 4.06. The van der Waals surface area contributed by atoms with Gasteiger partial charge in [0.1, 0.15) is 11.9 Å². The molecule has 2 aromatic heterocycles. The maximum Gasteiger partial charge on any atom is 0.129 e. The summed E-state index contributed by atoms with van der Waals surface area (Å²) >= 11 is 0. The van der Waals surface area contributed by atoms with Crippen LogP contribution in [0.3, 0.4) is 0 Å². The molecule has 0 saturated heterocycles. The predicted octanol–water partition coefficient (Wildman–Crippen LogP) is 1.76. The summed E-state index contributed by atoms with van der Waals surface area (Å²) < 4.78 is 0. The van der Waals surface area contributed by atoms with Crippen molar-refractivity contribution < 1.29 is 5.11 Å². The van der Waals surface area contributed by atoms with Crippen LogP contribution in [-0.4, -0.2) is 15.1 Å². The zero-order valence-electron chi connectivity index (χ0n) is 9.88. The molecule has 0 amide bonds. The van der Waals surface area contributed by atoms with Crippen molar-refractivity contribution in [2.75, 3.05) is 5.73 Å². The lowest BCUT2D eigenvalue weighted by Crippen LogP contribution is -2.06. The quantitative estimate of drug-likeness (QED) is 0.823. The standard InChI is InChI=1S/C13H15N3O/c1-8-6-10(7-9(2)16-8)12(17)11-4-3-5-15-13(11)14/h3-7,12,17H,1-2H3,(H2,14,15). The van der Waals surface area contributed by atoms with Crippen LogP contribution in [-0.2, 0) is 0 Å². The summed E-state index contributed by atoms with van der Waals surface area (Å²) in [6, 6.07) is 7.24. The molecule has 0 bridgehead atoms. The van der Waals surface area contributed by atoms with E-state index in [1.165, 1.54) is 0 Å². The number of aliphatic hydroxyl groups excluding tert-OH is 1. The minimum Gasteiger partial charge on any atom is -0.384 e. The van der Waals surface area contributed by atoms with E-state index >= 15 is 0 Å². The first-order valence-corrected chi connectivity index (χ1v) is 5.41. The number of aliphatic hydroxyl groups is 1. The smallest absolute Gasteiger partial charge is 0.129 e. The third-order valence-electron chi connectivity index (χ3n) is 2.59. The number of anilines is 1. The Labute approximate surface area is 100 Å². The van der Waals surface area contributed by atoms with Crippen LogP contribution in [0.1, 0.15) is 28.6 Å². The van der Waals surface area contributed by atoms with E-state index in [0.29, 0.717) is 11.4 Å². The molecule has 2 heterocycles. The number of aryl methyl sites for hydroxylation is 2. The molecular formula is C13H15N3O. The molecule has 0 spiro atoms. The van der Waals surface area contributed by atoms with Gasteiger partial charge in [-0.15, -0.1) is 0 Å². The van der Waals surface area contributed by atoms with E-state index in [-0.39, 0.29) is 0 Å². The van der Waals surface area contributed by atoms with Crippen molar-refractivity contribution in [3.05, 3.63) is 53.0 Å². The van der Waals surface area contributed by atoms with Crippen molar-refractivity contribution in [1.29, 1.82) is 0 Å². The van der Waals surface area contributed by atoms with E-state index in [4.69, 9.17) is 5.73 Å². The molecule has 0 aliphatic carbocycles. The number of aromatic nitrogens is 2. The van der Waals surface area contributed by atoms with E-state index in [2.05, 4.69) is 9.97 Å². The second kappa shape index (κ2) is 4.51. The summed E-state index contributed by atoms with van der Waals surface area (Å²) in [5.41, 5.74) is 8.91. The van der Waals surface area contributed by atoms with Crippen LogP contribution in [0.5, 0.6) is 0 Å². The van der Waals surface area contributed by atoms with Gasteiger partial charge in [-0.1, -0.05) is 6.07 Å². The Balaban J connectivity index is 2.43. The first-order valence-electron chi connectivity index (χ1n) is 5.41. The third kappa shape index (κ3) is 2.42. The number of rotatable bonds is 2. The van der Waals surface area contributed by atoms with Gasteiger partial charge in [-0.05, 0) is 37.6 Å². The fraction of sp³-hybridized carbons (Fsp3) is 0.231. The zero-order valence-corrected chi connectivity index (χ0v) is 9.88. The van der Waals surface area contributed by atoms with Gasteiger partial charge in [-0.25, -0.2) is 4.98 Å². The van der Waals surface area contributed by atoms with Crippen molar-refractivity contribution in [2.45, 2.75) is 20.0 Å². The summed E-state index contributed by atoms with van der Waals surface area (Å²) in [6.45, 7) is 3.80. The van der Waals surface area contributed by atoms with Gasteiger partial charge in [0.15, 0.2) is 0 Å². The summed E-state index contributed by atoms with van der Waals surface area (Å²) in [4.78, 5) is 8.25. The minimum atomic E-state index is -0.760. The van der Waals surface area contributed by atoms with Crippen molar-refractivity contribution in [3.63, 3.8) is 0 Å². The summed E-state index contributed by atoms with van der Waals surface area (Å²) in [5, 5.41) is 10.3. The minimum absolute atomic E-state index is 0.354. The zero-order chi connectivity index (χ0) is 12.4. The Morgan fingerprint density at radius 1 is 1.24 bits per heavy atom. The number of nitrogen functional groups attached to an aromatic ring is 1. The molecule has 17 heavy (non-hydrogen) atoms. The van der Waals surface area contributed by atoms with Gasteiger partial charge < -0.3 is 10.8 Å². The number of nitrogens with zero attached hydrogens (tertiary/aromatic N) is 2. The van der Waals surface area contributed by atoms with Crippen LogP contribution in [0.15, 0.2) is 30.5 Å². The second-order valence-electron chi connectivity index (χ2n) is 4.06. The van der Waals surface area contributed by atoms with Gasteiger partial charge in [-0.2, -0.15) is 0 Å². The Bertz CT molecular complexity index is 520. The van der Waals surface area contributed by atoms with Crippen LogP contribution >= 0.6 is 0 Å². The molecule has 0 aliphatic rings. The summed E-state index contributed by atoms with van der Waals surface area (Å²) in [7, 11) is 0. The maximum absolute atomic E-state index is 10.3. The first-order chi connectivity index (χ1) is 8.08. The van der Waals surface area contributed by atoms with Gasteiger partial charge >= 0.3 is 0 Å². The van der Waals surface area contributed by atoms with Crippen LogP contribution in [0, 0.1) is 13.8 Å². The molecule has 3 N–H and O–H groups in total. The van der Waals surface area contributed by atoms with E-state index in [0.717, 1.165) is 17.0 Å². The molecule has 2 aromatic rings. The Morgan fingerprint density at radius 2 is 1.88 bits per heavy atom. The van der Waals surface area contributed by atoms with Crippen molar-refractivity contribution >= 4 is 5.82 Å². The summed E-state index contributed by atoms with van der Waals surface area (Å²) in [5.74, 6) is 0.354. The maximum atomic E-state index is 10.3. The molecule has 0 aromatic carbocycles. The van der Waals surface area contributed by atoms with E-state index in [1.807, 2.05) is 26.0 Å². The van der Waals surface area contributed by atoms with Crippen molar-refractivity contribution in [2.24, 2.45) is 0 Å². The number of hydrogen-bond acceptors (Lipinski definition) is 4. The molecule has 1 atom stereocenters. The highest BCUT2D eigenvalue weighted by Crippen LogP contribution is 2.25. The van der Waals surface area contributed by atoms with Crippen LogP contribution in [0.2, 0.25) is 0 Å². The molecule has 1 unspecified atom stereocenters. The van der Waals surface area contributed by atoms with Crippen LogP contribution in [0.4, 0.5) is 5.82 Å². The van der Waals surface area contributed by atoms with Crippen LogP contribution in [0.25, 0.3) is 0 Å². The van der Waals surface area contributed by atoms with Crippen molar-refractivity contribution in [1.82, 2.24) is 9.97 Å². The fourth-order valence-corrected chi connectivity index (χ4v) is 1.87. The normalized spacial score (nSPS) is 12.4. The molecule has 0 aliphatic heterocycles. The van der Waals surface area contributed by atoms with E-state index in [9.17, 15) is 5.11 Å². The van der Waals surface area contributed by atoms with E-state index < -0.39 is 6.10 Å². The predicted molar refractivity (Wildman–Crippen MR) is 66.4 cm³/mol. The van der Waals surface area contributed by atoms with Crippen LogP contribution < -0.4 is 5.73 Å². The molecule has 4 heteroatoms. The lowest BCUT2D eigenvalue weighted by Gasteiger charge is -2.14. The fourth-order valence-electron chi connectivity index (χ4n) is 1.87. The largest absolute Gasteiger partial charge is 0.384 e. The SMILES string of the molecule is Cc1cc(C(O)c2cccnc2N)cc(C)n1. The Morgan fingerprint density at radius 3 is 2.47 bits per heavy atom. The van der Waals surface area contributed by atoms with Gasteiger partial charge in [0.2, 0.25) is 0 Å². The van der Waals surface area contributed by atoms with E-state index in [1.54, 1.807) is 18.3 Å². The molecule has 88 valence electrons. The van der Waals surface area contributed by atoms with Gasteiger partial charge in [0.25, 0.3) is 0 Å². The highest BCUT2D eigenvalue weighted by Gasteiger charge is 2.14. The Kier molecular flexibility index (Phi) is 3.06. The van der Waals surface area contributed by atoms with Gasteiger partial charge in [-0.3, -0.25) is 4.98 Å². The first kappa shape index (κ1) is 11.5. The topological polar surface area (TPSA) is 72.0 Å². The molecule has 0 saturated carbocycles. The molecule has 2 rings (SSSR count).